The van der Waals surface area contributed by atoms with Crippen LogP contribution in [-0.2, 0) is 22.9 Å². The van der Waals surface area contributed by atoms with Gasteiger partial charge in [0.2, 0.25) is 5.28 Å². The Hall–Kier alpha value is -2.59. The summed E-state index contributed by atoms with van der Waals surface area (Å²) in [7, 11) is -3.30. The van der Waals surface area contributed by atoms with Gasteiger partial charge in [-0.25, -0.2) is 18.4 Å². The predicted octanol–water partition coefficient (Wildman–Crippen LogP) is 2.44. The molecule has 154 valence electrons. The Morgan fingerprint density at radius 3 is 2.59 bits per heavy atom. The molecule has 11 heteroatoms. The molecular weight excluding hydrogens is 416 g/mol. The lowest BCUT2D eigenvalue weighted by atomic mass is 10.3. The van der Waals surface area contributed by atoms with Crippen LogP contribution in [0, 0.1) is 0 Å². The quantitative estimate of drug-likeness (QED) is 0.534. The molecule has 0 fully saturated rings. The molecule has 0 atom stereocenters. The van der Waals surface area contributed by atoms with E-state index in [0.29, 0.717) is 23.4 Å². The average molecular weight is 437 g/mol. The topological polar surface area (TPSA) is 120 Å². The van der Waals surface area contributed by atoms with Gasteiger partial charge >= 0.3 is 0 Å². The number of anilines is 1. The van der Waals surface area contributed by atoms with E-state index in [9.17, 15) is 13.2 Å². The zero-order valence-electron chi connectivity index (χ0n) is 16.1. The minimum Gasteiger partial charge on any atom is -0.360 e. The van der Waals surface area contributed by atoms with E-state index in [1.54, 1.807) is 13.0 Å². The molecule has 0 radical (unpaired) electrons. The van der Waals surface area contributed by atoms with Crippen LogP contribution in [-0.4, -0.2) is 38.7 Å². The van der Waals surface area contributed by atoms with Gasteiger partial charge in [-0.15, -0.1) is 0 Å². The van der Waals surface area contributed by atoms with Crippen molar-refractivity contribution in [3.8, 4) is 0 Å². The minimum absolute atomic E-state index is 0.0106. The van der Waals surface area contributed by atoms with Crippen molar-refractivity contribution in [2.75, 3.05) is 11.1 Å². The summed E-state index contributed by atoms with van der Waals surface area (Å²) in [6, 6.07) is 3.11. The molecule has 0 saturated heterocycles. The Morgan fingerprint density at radius 2 is 1.93 bits per heavy atom. The highest BCUT2D eigenvalue weighted by atomic mass is 35.5. The van der Waals surface area contributed by atoms with Crippen LogP contribution in [0.2, 0.25) is 5.28 Å². The standard InChI is InChI=1S/C18H21ClN6O3S/c1-3-5-8-25-16-14(11-22-18(19)24-16)23-15(17(25)26)21-9-12-6-7-13(10-20-12)29(27,28)4-2/h6-7,10-11H,3-5,8-9H2,1-2H3,(H,21,23). The summed E-state index contributed by atoms with van der Waals surface area (Å²) in [5.74, 6) is 0.156. The molecule has 3 aromatic heterocycles. The van der Waals surface area contributed by atoms with Gasteiger partial charge in [0.1, 0.15) is 5.52 Å². The maximum Gasteiger partial charge on any atom is 0.294 e. The zero-order valence-corrected chi connectivity index (χ0v) is 17.7. The van der Waals surface area contributed by atoms with Gasteiger partial charge in [0, 0.05) is 12.7 Å². The van der Waals surface area contributed by atoms with Gasteiger partial charge in [0.25, 0.3) is 5.56 Å². The van der Waals surface area contributed by atoms with E-state index in [1.165, 1.54) is 23.0 Å². The Bertz CT molecular complexity index is 1180. The van der Waals surface area contributed by atoms with Crippen molar-refractivity contribution in [2.45, 2.75) is 44.7 Å². The molecular formula is C18H21ClN6O3S. The lowest BCUT2D eigenvalue weighted by molar-refractivity contribution is 0.596. The summed E-state index contributed by atoms with van der Waals surface area (Å²) in [6.45, 7) is 4.31. The molecule has 0 amide bonds. The highest BCUT2D eigenvalue weighted by Gasteiger charge is 2.14. The van der Waals surface area contributed by atoms with E-state index in [1.807, 2.05) is 6.92 Å². The second-order valence-electron chi connectivity index (χ2n) is 6.36. The third kappa shape index (κ3) is 4.70. The number of hydrogen-bond donors (Lipinski definition) is 1. The molecule has 3 aromatic rings. The number of unbranched alkanes of at least 4 members (excludes halogenated alkanes) is 1. The molecule has 0 spiro atoms. The summed E-state index contributed by atoms with van der Waals surface area (Å²) in [5.41, 5.74) is 1.10. The Kier molecular flexibility index (Phi) is 6.43. The third-order valence-electron chi connectivity index (χ3n) is 4.37. The van der Waals surface area contributed by atoms with Crippen molar-refractivity contribution < 1.29 is 8.42 Å². The van der Waals surface area contributed by atoms with Crippen LogP contribution in [0.1, 0.15) is 32.4 Å². The molecule has 3 rings (SSSR count). The van der Waals surface area contributed by atoms with Gasteiger partial charge in [0.15, 0.2) is 21.3 Å². The van der Waals surface area contributed by atoms with E-state index < -0.39 is 9.84 Å². The molecule has 29 heavy (non-hydrogen) atoms. The van der Waals surface area contributed by atoms with Crippen molar-refractivity contribution >= 4 is 38.4 Å². The van der Waals surface area contributed by atoms with Crippen LogP contribution in [0.3, 0.4) is 0 Å². The average Bonchev–Trinajstić information content (AvgIpc) is 2.72. The molecule has 0 aliphatic rings. The first-order valence-electron chi connectivity index (χ1n) is 9.20. The Labute approximate surface area is 173 Å². The number of aromatic nitrogens is 5. The number of sulfone groups is 1. The maximum absolute atomic E-state index is 12.9. The number of hydrogen-bond acceptors (Lipinski definition) is 8. The fourth-order valence-electron chi connectivity index (χ4n) is 2.69. The first-order chi connectivity index (χ1) is 13.9. The maximum atomic E-state index is 12.9. The van der Waals surface area contributed by atoms with Gasteiger partial charge in [-0.05, 0) is 30.2 Å². The summed E-state index contributed by atoms with van der Waals surface area (Å²) < 4.78 is 25.3. The normalized spacial score (nSPS) is 11.7. The van der Waals surface area contributed by atoms with Gasteiger partial charge in [0.05, 0.1) is 29.1 Å². The predicted molar refractivity (Wildman–Crippen MR) is 111 cm³/mol. The number of rotatable bonds is 8. The largest absolute Gasteiger partial charge is 0.360 e. The first kappa shape index (κ1) is 21.1. The number of aryl methyl sites for hydroxylation is 1. The summed E-state index contributed by atoms with van der Waals surface area (Å²) in [6.07, 6.45) is 4.50. The minimum atomic E-state index is -3.30. The third-order valence-corrected chi connectivity index (χ3v) is 6.27. The van der Waals surface area contributed by atoms with Crippen LogP contribution >= 0.6 is 11.6 Å². The van der Waals surface area contributed by atoms with E-state index >= 15 is 0 Å². The van der Waals surface area contributed by atoms with Crippen molar-refractivity contribution in [3.05, 3.63) is 45.9 Å². The molecule has 0 unspecified atom stereocenters. The highest BCUT2D eigenvalue weighted by Crippen LogP contribution is 2.14. The monoisotopic (exact) mass is 436 g/mol. The first-order valence-corrected chi connectivity index (χ1v) is 11.2. The van der Waals surface area contributed by atoms with Crippen LogP contribution in [0.15, 0.2) is 34.2 Å². The van der Waals surface area contributed by atoms with E-state index in [2.05, 4.69) is 25.3 Å². The van der Waals surface area contributed by atoms with Gasteiger partial charge in [-0.3, -0.25) is 14.3 Å². The Morgan fingerprint density at radius 1 is 1.14 bits per heavy atom. The number of pyridine rings is 1. The summed E-state index contributed by atoms with van der Waals surface area (Å²) in [4.78, 5) is 29.6. The molecule has 0 aliphatic heterocycles. The van der Waals surface area contributed by atoms with Crippen LogP contribution < -0.4 is 10.9 Å². The zero-order chi connectivity index (χ0) is 21.0. The van der Waals surface area contributed by atoms with Gasteiger partial charge in [-0.2, -0.15) is 4.98 Å². The van der Waals surface area contributed by atoms with Crippen molar-refractivity contribution in [3.63, 3.8) is 0 Å². The summed E-state index contributed by atoms with van der Waals surface area (Å²) in [5, 5.41) is 3.03. The van der Waals surface area contributed by atoms with Crippen molar-refractivity contribution in [1.82, 2.24) is 24.5 Å². The highest BCUT2D eigenvalue weighted by molar-refractivity contribution is 7.91. The lowest BCUT2D eigenvalue weighted by Gasteiger charge is -2.12. The molecule has 0 aliphatic carbocycles. The molecule has 0 bridgehead atoms. The van der Waals surface area contributed by atoms with Crippen LogP contribution in [0.4, 0.5) is 5.82 Å². The number of nitrogens with zero attached hydrogens (tertiary/aromatic N) is 5. The van der Waals surface area contributed by atoms with E-state index in [4.69, 9.17) is 11.6 Å². The van der Waals surface area contributed by atoms with Gasteiger partial charge in [-0.1, -0.05) is 20.3 Å². The summed E-state index contributed by atoms with van der Waals surface area (Å²) >= 11 is 5.88. The fourth-order valence-corrected chi connectivity index (χ4v) is 3.65. The molecule has 0 saturated carbocycles. The molecule has 0 aromatic carbocycles. The van der Waals surface area contributed by atoms with Crippen LogP contribution in [0.25, 0.3) is 11.2 Å². The number of nitrogens with one attached hydrogen (secondary N) is 1. The van der Waals surface area contributed by atoms with E-state index in [-0.39, 0.29) is 33.9 Å². The Balaban J connectivity index is 1.89. The second-order valence-corrected chi connectivity index (χ2v) is 8.98. The number of halogens is 1. The van der Waals surface area contributed by atoms with Crippen molar-refractivity contribution in [2.24, 2.45) is 0 Å². The molecule has 3 heterocycles. The number of fused-ring (bicyclic) bond motifs is 1. The second kappa shape index (κ2) is 8.83. The van der Waals surface area contributed by atoms with Crippen molar-refractivity contribution in [1.29, 1.82) is 0 Å². The lowest BCUT2D eigenvalue weighted by Crippen LogP contribution is -2.26. The van der Waals surface area contributed by atoms with Crippen LogP contribution in [0.5, 0.6) is 0 Å². The molecule has 9 nitrogen and oxygen atoms in total. The fraction of sp³-hybridized carbons (Fsp3) is 0.389. The van der Waals surface area contributed by atoms with E-state index in [0.717, 1.165) is 12.8 Å². The smallest absolute Gasteiger partial charge is 0.294 e. The SMILES string of the molecule is CCCCn1c(=O)c(NCc2ccc(S(=O)(=O)CC)cn2)nc2cnc(Cl)nc21. The molecule has 1 N–H and O–H groups in total. The van der Waals surface area contributed by atoms with Gasteiger partial charge < -0.3 is 5.32 Å².